The van der Waals surface area contributed by atoms with Gasteiger partial charge >= 0.3 is 0 Å². The van der Waals surface area contributed by atoms with Gasteiger partial charge in [0, 0.05) is 0 Å². The fraction of sp³-hybridized carbons (Fsp3) is 1.00. The molecular weight excluding hydrogens is 96.0 g/mol. The Labute approximate surface area is 43.2 Å². The van der Waals surface area contributed by atoms with E-state index in [1.54, 1.807) is 6.92 Å². The van der Waals surface area contributed by atoms with E-state index in [9.17, 15) is 0 Å². The van der Waals surface area contributed by atoms with Gasteiger partial charge in [-0.15, -0.1) is 0 Å². The summed E-state index contributed by atoms with van der Waals surface area (Å²) in [6.45, 7) is 3.75. The highest BCUT2D eigenvalue weighted by atomic mass is 17.1. The second-order valence-corrected chi connectivity index (χ2v) is 1.32. The van der Waals surface area contributed by atoms with Crippen molar-refractivity contribution in [3.63, 3.8) is 0 Å². The van der Waals surface area contributed by atoms with Crippen molar-refractivity contribution in [2.45, 2.75) is 26.4 Å². The quantitative estimate of drug-likeness (QED) is 0.412. The van der Waals surface area contributed by atoms with Gasteiger partial charge in [-0.25, -0.2) is 4.89 Å². The summed E-state index contributed by atoms with van der Waals surface area (Å²) in [6, 6.07) is 0. The Bertz CT molecular complexity index is 26.1. The summed E-state index contributed by atoms with van der Waals surface area (Å²) in [6.07, 6.45) is 0.848. The average Bonchev–Trinajstić information content (AvgIpc) is 1.65. The standard InChI is InChI=1S/C4H10O2.H2O/c1-3-4(2)6-5;/h4-5H,3H2,1-2H3;1H2. The van der Waals surface area contributed by atoms with Crippen LogP contribution in [0, 0.1) is 0 Å². The third-order valence-corrected chi connectivity index (χ3v) is 0.755. The topological polar surface area (TPSA) is 61.0 Å². The highest BCUT2D eigenvalue weighted by Crippen LogP contribution is 1.89. The van der Waals surface area contributed by atoms with E-state index >= 15 is 0 Å². The molecule has 0 aromatic rings. The Balaban J connectivity index is 0. The molecule has 0 saturated heterocycles. The molecule has 1 unspecified atom stereocenters. The van der Waals surface area contributed by atoms with Crippen LogP contribution in [0.2, 0.25) is 0 Å². The molecule has 0 radical (unpaired) electrons. The minimum absolute atomic E-state index is 0. The van der Waals surface area contributed by atoms with E-state index in [2.05, 4.69) is 4.89 Å². The highest BCUT2D eigenvalue weighted by molar-refractivity contribution is 4.36. The van der Waals surface area contributed by atoms with Crippen LogP contribution in [0.1, 0.15) is 20.3 Å². The number of hydrogen-bond donors (Lipinski definition) is 1. The van der Waals surface area contributed by atoms with Crippen molar-refractivity contribution in [1.29, 1.82) is 0 Å². The minimum Gasteiger partial charge on any atom is -0.412 e. The highest BCUT2D eigenvalue weighted by Gasteiger charge is 1.91. The lowest BCUT2D eigenvalue weighted by molar-refractivity contribution is -0.274. The van der Waals surface area contributed by atoms with Crippen molar-refractivity contribution in [2.75, 3.05) is 0 Å². The maximum atomic E-state index is 7.83. The molecule has 0 aromatic heterocycles. The zero-order valence-corrected chi connectivity index (χ0v) is 4.64. The molecule has 1 atom stereocenters. The zero-order chi connectivity index (χ0) is 4.99. The molecule has 0 spiro atoms. The molecule has 0 amide bonds. The fourth-order valence-electron chi connectivity index (χ4n) is 0.0745. The van der Waals surface area contributed by atoms with E-state index in [-0.39, 0.29) is 11.6 Å². The summed E-state index contributed by atoms with van der Waals surface area (Å²) >= 11 is 0. The lowest BCUT2D eigenvalue weighted by Gasteiger charge is -1.98. The average molecular weight is 108 g/mol. The van der Waals surface area contributed by atoms with Crippen LogP contribution in [0.15, 0.2) is 0 Å². The normalized spacial score (nSPS) is 12.4. The molecule has 0 bridgehead atoms. The van der Waals surface area contributed by atoms with Gasteiger partial charge < -0.3 is 5.48 Å². The summed E-state index contributed by atoms with van der Waals surface area (Å²) in [5.74, 6) is 0. The first kappa shape index (κ1) is 9.99. The molecule has 0 rings (SSSR count). The van der Waals surface area contributed by atoms with Crippen LogP contribution in [0.25, 0.3) is 0 Å². The van der Waals surface area contributed by atoms with Crippen molar-refractivity contribution in [3.8, 4) is 0 Å². The van der Waals surface area contributed by atoms with E-state index in [1.807, 2.05) is 6.92 Å². The molecule has 0 aliphatic heterocycles. The Morgan fingerprint density at radius 3 is 2.14 bits per heavy atom. The van der Waals surface area contributed by atoms with Crippen LogP contribution >= 0.6 is 0 Å². The SMILES string of the molecule is CCC(C)OO.O. The van der Waals surface area contributed by atoms with Gasteiger partial charge in [0.15, 0.2) is 0 Å². The summed E-state index contributed by atoms with van der Waals surface area (Å²) in [5, 5.41) is 7.83. The molecule has 0 fully saturated rings. The molecule has 0 aromatic carbocycles. The molecule has 3 heteroatoms. The van der Waals surface area contributed by atoms with Crippen LogP contribution in [0.4, 0.5) is 0 Å². The van der Waals surface area contributed by atoms with E-state index in [1.165, 1.54) is 0 Å². The molecule has 0 heterocycles. The molecular formula is C4H12O3. The fourth-order valence-corrected chi connectivity index (χ4v) is 0.0745. The Morgan fingerprint density at radius 2 is 2.14 bits per heavy atom. The maximum absolute atomic E-state index is 7.83. The maximum Gasteiger partial charge on any atom is 0.0896 e. The van der Waals surface area contributed by atoms with E-state index < -0.39 is 0 Å². The van der Waals surface area contributed by atoms with E-state index in [0.717, 1.165) is 6.42 Å². The van der Waals surface area contributed by atoms with Crippen molar-refractivity contribution in [1.82, 2.24) is 0 Å². The second-order valence-electron chi connectivity index (χ2n) is 1.32. The third kappa shape index (κ3) is 5.88. The molecule has 3 N–H and O–H groups in total. The predicted molar refractivity (Wildman–Crippen MR) is 27.1 cm³/mol. The molecule has 0 saturated carbocycles. The van der Waals surface area contributed by atoms with Gasteiger partial charge in [0.25, 0.3) is 0 Å². The van der Waals surface area contributed by atoms with Crippen LogP contribution in [0.3, 0.4) is 0 Å². The molecule has 7 heavy (non-hydrogen) atoms. The van der Waals surface area contributed by atoms with Crippen LogP contribution < -0.4 is 0 Å². The summed E-state index contributed by atoms with van der Waals surface area (Å²) < 4.78 is 0. The van der Waals surface area contributed by atoms with Gasteiger partial charge in [-0.05, 0) is 13.3 Å². The Hall–Kier alpha value is -0.120. The first-order valence-corrected chi connectivity index (χ1v) is 2.11. The zero-order valence-electron chi connectivity index (χ0n) is 4.64. The lowest BCUT2D eigenvalue weighted by atomic mass is 10.3. The van der Waals surface area contributed by atoms with Crippen molar-refractivity contribution in [2.24, 2.45) is 0 Å². The predicted octanol–water partition coefficient (Wildman–Crippen LogP) is 0.450. The third-order valence-electron chi connectivity index (χ3n) is 0.755. The van der Waals surface area contributed by atoms with Gasteiger partial charge in [0.1, 0.15) is 0 Å². The van der Waals surface area contributed by atoms with Crippen molar-refractivity contribution >= 4 is 0 Å². The first-order valence-electron chi connectivity index (χ1n) is 2.11. The van der Waals surface area contributed by atoms with Gasteiger partial charge in [-0.3, -0.25) is 5.26 Å². The first-order chi connectivity index (χ1) is 2.81. The smallest absolute Gasteiger partial charge is 0.0896 e. The number of hydrogen-bond acceptors (Lipinski definition) is 2. The summed E-state index contributed by atoms with van der Waals surface area (Å²) in [4.78, 5) is 3.90. The van der Waals surface area contributed by atoms with Gasteiger partial charge in [-0.2, -0.15) is 0 Å². The molecule has 0 aliphatic rings. The molecule has 0 aliphatic carbocycles. The number of rotatable bonds is 2. The second kappa shape index (κ2) is 5.88. The molecule has 3 nitrogen and oxygen atoms in total. The van der Waals surface area contributed by atoms with Crippen LogP contribution in [-0.4, -0.2) is 16.8 Å². The van der Waals surface area contributed by atoms with Crippen LogP contribution in [0.5, 0.6) is 0 Å². The summed E-state index contributed by atoms with van der Waals surface area (Å²) in [5.41, 5.74) is 0. The van der Waals surface area contributed by atoms with Crippen molar-refractivity contribution in [3.05, 3.63) is 0 Å². The van der Waals surface area contributed by atoms with E-state index in [0.29, 0.717) is 0 Å². The minimum atomic E-state index is -0.00926. The lowest BCUT2D eigenvalue weighted by Crippen LogP contribution is -2.00. The monoisotopic (exact) mass is 108 g/mol. The van der Waals surface area contributed by atoms with Crippen molar-refractivity contribution < 1.29 is 15.6 Å². The Kier molecular flexibility index (Phi) is 8.39. The summed E-state index contributed by atoms with van der Waals surface area (Å²) in [7, 11) is 0. The largest absolute Gasteiger partial charge is 0.412 e. The van der Waals surface area contributed by atoms with Gasteiger partial charge in [0.05, 0.1) is 6.10 Å². The molecule has 46 valence electrons. The van der Waals surface area contributed by atoms with Gasteiger partial charge in [0.2, 0.25) is 0 Å². The van der Waals surface area contributed by atoms with Crippen LogP contribution in [-0.2, 0) is 4.89 Å². The van der Waals surface area contributed by atoms with Gasteiger partial charge in [-0.1, -0.05) is 6.92 Å². The van der Waals surface area contributed by atoms with E-state index in [4.69, 9.17) is 5.26 Å². The Morgan fingerprint density at radius 1 is 1.71 bits per heavy atom.